The van der Waals surface area contributed by atoms with Crippen molar-refractivity contribution in [2.45, 2.75) is 5.41 Å². The highest BCUT2D eigenvalue weighted by molar-refractivity contribution is 5.87. The number of carbonyl (C=O) groups is 1. The minimum absolute atomic E-state index is 0.0300. The Hall–Kier alpha value is -3.39. The zero-order valence-corrected chi connectivity index (χ0v) is 16.9. The van der Waals surface area contributed by atoms with Crippen molar-refractivity contribution < 1.29 is 9.53 Å². The Labute approximate surface area is 177 Å². The molecule has 30 heavy (non-hydrogen) atoms. The topological polar surface area (TPSA) is 29.5 Å². The zero-order chi connectivity index (χ0) is 20.7. The fraction of sp³-hybridized carbons (Fsp3) is 0.185. The van der Waals surface area contributed by atoms with Crippen molar-refractivity contribution in [3.63, 3.8) is 0 Å². The molecule has 3 aromatic carbocycles. The number of ether oxygens (including phenoxy) is 1. The average Bonchev–Trinajstić information content (AvgIpc) is 2.84. The molecule has 0 spiro atoms. The fourth-order valence-electron chi connectivity index (χ4n) is 3.97. The van der Waals surface area contributed by atoms with Crippen molar-refractivity contribution in [2.24, 2.45) is 0 Å². The number of amides is 1. The number of nitrogens with zero attached hydrogens (tertiary/aromatic N) is 1. The molecular weight excluding hydrogens is 370 g/mol. The van der Waals surface area contributed by atoms with Gasteiger partial charge in [-0.15, -0.1) is 5.73 Å². The second-order valence-electron chi connectivity index (χ2n) is 7.30. The molecule has 0 radical (unpaired) electrons. The van der Waals surface area contributed by atoms with Crippen LogP contribution in [0.25, 0.3) is 0 Å². The maximum absolute atomic E-state index is 12.6. The number of hydrogen-bond donors (Lipinski definition) is 0. The molecule has 3 aromatic rings. The Morgan fingerprint density at radius 1 is 0.767 bits per heavy atom. The molecule has 1 amide bonds. The predicted octanol–water partition coefficient (Wildman–Crippen LogP) is 4.59. The van der Waals surface area contributed by atoms with Gasteiger partial charge in [-0.2, -0.15) is 0 Å². The smallest absolute Gasteiger partial charge is 0.254 e. The largest absolute Gasteiger partial charge is 0.378 e. The molecule has 1 heterocycles. The third-order valence-electron chi connectivity index (χ3n) is 5.52. The minimum atomic E-state index is -0.550. The fourth-order valence-corrected chi connectivity index (χ4v) is 3.97. The number of hydrogen-bond acceptors (Lipinski definition) is 2. The van der Waals surface area contributed by atoms with E-state index in [0.717, 1.165) is 16.7 Å². The van der Waals surface area contributed by atoms with E-state index in [2.05, 4.69) is 42.1 Å². The van der Waals surface area contributed by atoms with Crippen LogP contribution in [0.4, 0.5) is 0 Å². The number of rotatable bonds is 5. The first-order valence-corrected chi connectivity index (χ1v) is 10.3. The van der Waals surface area contributed by atoms with E-state index in [1.54, 1.807) is 11.0 Å². The second-order valence-corrected chi connectivity index (χ2v) is 7.30. The molecule has 0 saturated carbocycles. The zero-order valence-electron chi connectivity index (χ0n) is 16.9. The monoisotopic (exact) mass is 395 g/mol. The Kier molecular flexibility index (Phi) is 6.24. The number of morpholine rings is 1. The van der Waals surface area contributed by atoms with Gasteiger partial charge in [-0.25, -0.2) is 0 Å². The molecule has 1 fully saturated rings. The standard InChI is InChI=1S/C27H25NO2/c29-26(28-19-21-30-22-20-28)17-10-18-27(23-11-4-1-5-12-23,24-13-6-2-7-14-24)25-15-8-3-9-16-25/h1-9,11-18H,19-22H2. The molecule has 3 heteroatoms. The number of benzene rings is 3. The molecule has 3 nitrogen and oxygen atoms in total. The van der Waals surface area contributed by atoms with Gasteiger partial charge in [-0.1, -0.05) is 91.0 Å². The van der Waals surface area contributed by atoms with Crippen molar-refractivity contribution in [3.05, 3.63) is 126 Å². The Balaban J connectivity index is 1.84. The van der Waals surface area contributed by atoms with E-state index in [1.165, 1.54) is 0 Å². The number of carbonyl (C=O) groups excluding carboxylic acids is 1. The van der Waals surface area contributed by atoms with Crippen LogP contribution in [0.3, 0.4) is 0 Å². The van der Waals surface area contributed by atoms with Crippen LogP contribution >= 0.6 is 0 Å². The molecule has 4 rings (SSSR count). The predicted molar refractivity (Wildman–Crippen MR) is 119 cm³/mol. The molecule has 0 bridgehead atoms. The maximum atomic E-state index is 12.6. The van der Waals surface area contributed by atoms with Crippen LogP contribution < -0.4 is 0 Å². The van der Waals surface area contributed by atoms with Gasteiger partial charge in [0.05, 0.1) is 18.6 Å². The molecule has 0 N–H and O–H groups in total. The molecule has 0 atom stereocenters. The summed E-state index contributed by atoms with van der Waals surface area (Å²) in [6.45, 7) is 2.42. The van der Waals surface area contributed by atoms with Gasteiger partial charge in [-0.3, -0.25) is 4.79 Å². The van der Waals surface area contributed by atoms with Gasteiger partial charge in [0.25, 0.3) is 5.91 Å². The van der Waals surface area contributed by atoms with Gasteiger partial charge in [0.1, 0.15) is 0 Å². The van der Waals surface area contributed by atoms with E-state index >= 15 is 0 Å². The summed E-state index contributed by atoms with van der Waals surface area (Å²) in [5.41, 5.74) is 6.07. The van der Waals surface area contributed by atoms with E-state index < -0.39 is 5.41 Å². The maximum Gasteiger partial charge on any atom is 0.254 e. The Bertz CT molecular complexity index is 920. The summed E-state index contributed by atoms with van der Waals surface area (Å²) in [5.74, 6) is -0.0300. The lowest BCUT2D eigenvalue weighted by molar-refractivity contribution is -0.129. The highest BCUT2D eigenvalue weighted by atomic mass is 16.5. The first-order chi connectivity index (χ1) is 14.8. The second kappa shape index (κ2) is 9.41. The summed E-state index contributed by atoms with van der Waals surface area (Å²) in [4.78, 5) is 14.4. The van der Waals surface area contributed by atoms with Gasteiger partial charge < -0.3 is 9.64 Å². The van der Waals surface area contributed by atoms with Gasteiger partial charge in [0, 0.05) is 19.2 Å². The Morgan fingerprint density at radius 2 is 1.20 bits per heavy atom. The van der Waals surface area contributed by atoms with Crippen LogP contribution in [0.1, 0.15) is 16.7 Å². The van der Waals surface area contributed by atoms with Crippen LogP contribution in [0.2, 0.25) is 0 Å². The molecule has 1 aliphatic rings. The van der Waals surface area contributed by atoms with Crippen LogP contribution in [0.15, 0.2) is 109 Å². The normalized spacial score (nSPS) is 13.9. The SMILES string of the molecule is O=C(C=C=CC(c1ccccc1)(c1ccccc1)c1ccccc1)N1CCOCC1. The van der Waals surface area contributed by atoms with Gasteiger partial charge in [0.2, 0.25) is 0 Å². The Morgan fingerprint density at radius 3 is 1.63 bits per heavy atom. The van der Waals surface area contributed by atoms with Crippen LogP contribution in [0, 0.1) is 0 Å². The van der Waals surface area contributed by atoms with E-state index in [9.17, 15) is 4.79 Å². The third-order valence-corrected chi connectivity index (χ3v) is 5.52. The van der Waals surface area contributed by atoms with E-state index in [1.807, 2.05) is 60.7 Å². The van der Waals surface area contributed by atoms with Gasteiger partial charge in [0.15, 0.2) is 0 Å². The summed E-state index contributed by atoms with van der Waals surface area (Å²) in [5, 5.41) is 0. The first kappa shape index (κ1) is 19.9. The van der Waals surface area contributed by atoms with Gasteiger partial charge in [-0.05, 0) is 22.8 Å². The molecule has 150 valence electrons. The molecule has 0 aromatic heterocycles. The quantitative estimate of drug-likeness (QED) is 0.359. The van der Waals surface area contributed by atoms with Crippen molar-refractivity contribution in [1.82, 2.24) is 4.90 Å². The van der Waals surface area contributed by atoms with Gasteiger partial charge >= 0.3 is 0 Å². The molecule has 0 aliphatic carbocycles. The summed E-state index contributed by atoms with van der Waals surface area (Å²) in [6.07, 6.45) is 3.57. The van der Waals surface area contributed by atoms with E-state index in [-0.39, 0.29) is 5.91 Å². The lowest BCUT2D eigenvalue weighted by atomic mass is 9.69. The lowest BCUT2D eigenvalue weighted by Crippen LogP contribution is -2.39. The third kappa shape index (κ3) is 4.13. The molecular formula is C27H25NO2. The summed E-state index contributed by atoms with van der Waals surface area (Å²) < 4.78 is 5.35. The van der Waals surface area contributed by atoms with E-state index in [0.29, 0.717) is 26.3 Å². The minimum Gasteiger partial charge on any atom is -0.378 e. The van der Waals surface area contributed by atoms with Crippen molar-refractivity contribution >= 4 is 5.91 Å². The average molecular weight is 396 g/mol. The van der Waals surface area contributed by atoms with Crippen molar-refractivity contribution in [1.29, 1.82) is 0 Å². The summed E-state index contributed by atoms with van der Waals surface area (Å²) in [6, 6.07) is 31.1. The van der Waals surface area contributed by atoms with Crippen LogP contribution in [-0.4, -0.2) is 37.1 Å². The van der Waals surface area contributed by atoms with Crippen molar-refractivity contribution in [2.75, 3.05) is 26.3 Å². The summed E-state index contributed by atoms with van der Waals surface area (Å²) in [7, 11) is 0. The van der Waals surface area contributed by atoms with Crippen LogP contribution in [-0.2, 0) is 14.9 Å². The highest BCUT2D eigenvalue weighted by Crippen LogP contribution is 2.40. The molecule has 0 unspecified atom stereocenters. The molecule has 1 aliphatic heterocycles. The van der Waals surface area contributed by atoms with E-state index in [4.69, 9.17) is 4.74 Å². The molecule has 1 saturated heterocycles. The van der Waals surface area contributed by atoms with Crippen LogP contribution in [0.5, 0.6) is 0 Å². The highest BCUT2D eigenvalue weighted by Gasteiger charge is 2.33. The van der Waals surface area contributed by atoms with Crippen molar-refractivity contribution in [3.8, 4) is 0 Å². The first-order valence-electron chi connectivity index (χ1n) is 10.3. The lowest BCUT2D eigenvalue weighted by Gasteiger charge is -2.32. The summed E-state index contributed by atoms with van der Waals surface area (Å²) >= 11 is 0.